The highest BCUT2D eigenvalue weighted by Gasteiger charge is 2.56. The lowest BCUT2D eigenvalue weighted by Crippen LogP contribution is -2.43. The van der Waals surface area contributed by atoms with Crippen molar-refractivity contribution >= 4 is 17.5 Å². The molecule has 2 amide bonds. The normalized spacial score (nSPS) is 18.3. The van der Waals surface area contributed by atoms with Crippen molar-refractivity contribution in [1.82, 2.24) is 10.2 Å². The second kappa shape index (κ2) is 9.06. The fourth-order valence-electron chi connectivity index (χ4n) is 4.26. The topological polar surface area (TPSA) is 70.7 Å². The van der Waals surface area contributed by atoms with Crippen LogP contribution in [-0.2, 0) is 9.59 Å². The summed E-state index contributed by atoms with van der Waals surface area (Å²) in [4.78, 5) is 28.2. The number of carbonyl (C=O) groups excluding carboxylic acids is 2. The van der Waals surface area contributed by atoms with Crippen LogP contribution in [0.5, 0.6) is 5.75 Å². The number of hydrogen-bond acceptors (Lipinski definition) is 4. The molecule has 1 heterocycles. The highest BCUT2D eigenvalue weighted by molar-refractivity contribution is 6.13. The molecular formula is C24H28FN3O3. The zero-order chi connectivity index (χ0) is 21.8. The first-order valence-electron chi connectivity index (χ1n) is 10.8. The van der Waals surface area contributed by atoms with Gasteiger partial charge in [-0.2, -0.15) is 0 Å². The molecule has 0 radical (unpaired) electrons. The summed E-state index contributed by atoms with van der Waals surface area (Å²) in [6, 6.07) is 13.4. The predicted molar refractivity (Wildman–Crippen MR) is 116 cm³/mol. The Balaban J connectivity index is 1.44. The van der Waals surface area contributed by atoms with E-state index in [2.05, 4.69) is 15.5 Å². The highest BCUT2D eigenvalue weighted by Crippen LogP contribution is 2.47. The van der Waals surface area contributed by atoms with Crippen LogP contribution in [0.3, 0.4) is 0 Å². The summed E-state index contributed by atoms with van der Waals surface area (Å²) in [5, 5.41) is 5.78. The van der Waals surface area contributed by atoms with Gasteiger partial charge < -0.3 is 15.4 Å². The van der Waals surface area contributed by atoms with Crippen molar-refractivity contribution in [1.29, 1.82) is 0 Å². The van der Waals surface area contributed by atoms with E-state index < -0.39 is 5.41 Å². The van der Waals surface area contributed by atoms with E-state index in [-0.39, 0.29) is 23.7 Å². The average molecular weight is 426 g/mol. The maximum Gasteiger partial charge on any atom is 0.240 e. The van der Waals surface area contributed by atoms with Crippen LogP contribution in [0.2, 0.25) is 0 Å². The van der Waals surface area contributed by atoms with Gasteiger partial charge in [0.15, 0.2) is 0 Å². The number of ether oxygens (including phenoxy) is 1. The van der Waals surface area contributed by atoms with Crippen molar-refractivity contribution in [2.24, 2.45) is 5.41 Å². The maximum absolute atomic E-state index is 13.1. The molecule has 6 nitrogen and oxygen atoms in total. The Hall–Kier alpha value is -2.93. The first-order valence-corrected chi connectivity index (χ1v) is 10.8. The Bertz CT molecular complexity index is 937. The Morgan fingerprint density at radius 2 is 1.74 bits per heavy atom. The molecule has 1 aliphatic heterocycles. The van der Waals surface area contributed by atoms with E-state index in [0.717, 1.165) is 37.2 Å². The Morgan fingerprint density at radius 3 is 2.39 bits per heavy atom. The molecule has 2 N–H and O–H groups in total. The van der Waals surface area contributed by atoms with Gasteiger partial charge in [-0.05, 0) is 69.1 Å². The molecule has 2 aliphatic rings. The molecule has 1 atom stereocenters. The predicted octanol–water partition coefficient (Wildman–Crippen LogP) is 3.51. The average Bonchev–Trinajstić information content (AvgIpc) is 3.44. The van der Waals surface area contributed by atoms with Crippen LogP contribution in [0.25, 0.3) is 0 Å². The van der Waals surface area contributed by atoms with Crippen molar-refractivity contribution in [2.45, 2.75) is 31.7 Å². The Kier molecular flexibility index (Phi) is 6.23. The molecule has 164 valence electrons. The van der Waals surface area contributed by atoms with Crippen molar-refractivity contribution in [3.8, 4) is 5.75 Å². The molecule has 4 rings (SSSR count). The summed E-state index contributed by atoms with van der Waals surface area (Å²) in [5.74, 6) is -0.178. The molecule has 2 aromatic rings. The maximum atomic E-state index is 13.1. The lowest BCUT2D eigenvalue weighted by atomic mass is 10.0. The molecule has 1 saturated carbocycles. The van der Waals surface area contributed by atoms with Crippen molar-refractivity contribution in [2.75, 3.05) is 32.1 Å². The molecule has 0 spiro atoms. The number of carbonyl (C=O) groups is 2. The van der Waals surface area contributed by atoms with Crippen LogP contribution < -0.4 is 15.4 Å². The van der Waals surface area contributed by atoms with Gasteiger partial charge >= 0.3 is 0 Å². The van der Waals surface area contributed by atoms with E-state index in [1.165, 1.54) is 24.3 Å². The smallest absolute Gasteiger partial charge is 0.240 e. The van der Waals surface area contributed by atoms with Crippen LogP contribution in [-0.4, -0.2) is 43.5 Å². The van der Waals surface area contributed by atoms with Gasteiger partial charge in [-0.3, -0.25) is 14.5 Å². The number of amides is 2. The SMILES string of the molecule is COc1ccccc1[C@H](CNC(=O)C1(C(=O)Nc2ccc(F)cc2)CC1)N1CCCC1. The summed E-state index contributed by atoms with van der Waals surface area (Å²) in [6.07, 6.45) is 3.27. The third-order valence-corrected chi connectivity index (χ3v) is 6.26. The van der Waals surface area contributed by atoms with Gasteiger partial charge in [0, 0.05) is 17.8 Å². The van der Waals surface area contributed by atoms with Crippen molar-refractivity contribution < 1.29 is 18.7 Å². The lowest BCUT2D eigenvalue weighted by Gasteiger charge is -2.30. The summed E-state index contributed by atoms with van der Waals surface area (Å²) in [7, 11) is 1.65. The minimum Gasteiger partial charge on any atom is -0.496 e. The molecule has 1 aliphatic carbocycles. The fourth-order valence-corrected chi connectivity index (χ4v) is 4.26. The molecule has 7 heteroatoms. The van der Waals surface area contributed by atoms with Crippen LogP contribution in [0.4, 0.5) is 10.1 Å². The zero-order valence-corrected chi connectivity index (χ0v) is 17.7. The number of benzene rings is 2. The molecule has 2 fully saturated rings. The van der Waals surface area contributed by atoms with E-state index in [9.17, 15) is 14.0 Å². The van der Waals surface area contributed by atoms with E-state index in [4.69, 9.17) is 4.74 Å². The number of nitrogens with one attached hydrogen (secondary N) is 2. The largest absolute Gasteiger partial charge is 0.496 e. The number of likely N-dealkylation sites (tertiary alicyclic amines) is 1. The van der Waals surface area contributed by atoms with E-state index in [0.29, 0.717) is 25.1 Å². The van der Waals surface area contributed by atoms with Gasteiger partial charge in [0.2, 0.25) is 11.8 Å². The van der Waals surface area contributed by atoms with E-state index >= 15 is 0 Å². The molecule has 0 bridgehead atoms. The highest BCUT2D eigenvalue weighted by atomic mass is 19.1. The van der Waals surface area contributed by atoms with Crippen molar-refractivity contribution in [3.63, 3.8) is 0 Å². The number of nitrogens with zero attached hydrogens (tertiary/aromatic N) is 1. The molecule has 1 saturated heterocycles. The minimum absolute atomic E-state index is 0.0152. The van der Waals surface area contributed by atoms with Gasteiger partial charge in [-0.1, -0.05) is 18.2 Å². The monoisotopic (exact) mass is 425 g/mol. The summed E-state index contributed by atoms with van der Waals surface area (Å²) >= 11 is 0. The van der Waals surface area contributed by atoms with Crippen LogP contribution in [0.1, 0.15) is 37.3 Å². The number of hydrogen-bond donors (Lipinski definition) is 2. The number of para-hydroxylation sites is 1. The van der Waals surface area contributed by atoms with E-state index in [1.54, 1.807) is 7.11 Å². The van der Waals surface area contributed by atoms with E-state index in [1.807, 2.05) is 24.3 Å². The quantitative estimate of drug-likeness (QED) is 0.635. The summed E-state index contributed by atoms with van der Waals surface area (Å²) in [6.45, 7) is 2.34. The Morgan fingerprint density at radius 1 is 1.06 bits per heavy atom. The standard InChI is InChI=1S/C24H28FN3O3/c1-31-21-7-3-2-6-19(21)20(28-14-4-5-15-28)16-26-22(29)24(12-13-24)23(30)27-18-10-8-17(25)9-11-18/h2-3,6-11,20H,4-5,12-16H2,1H3,(H,26,29)(H,27,30)/t20-/m0/s1. The molecule has 0 aromatic heterocycles. The third-order valence-electron chi connectivity index (χ3n) is 6.26. The number of methoxy groups -OCH3 is 1. The van der Waals surface area contributed by atoms with Crippen LogP contribution in [0, 0.1) is 11.2 Å². The second-order valence-electron chi connectivity index (χ2n) is 8.25. The number of halogens is 1. The molecule has 2 aromatic carbocycles. The molecular weight excluding hydrogens is 397 g/mol. The molecule has 0 unspecified atom stereocenters. The number of rotatable bonds is 8. The second-order valence-corrected chi connectivity index (χ2v) is 8.25. The minimum atomic E-state index is -1.05. The number of anilines is 1. The van der Waals surface area contributed by atoms with Gasteiger partial charge in [0.05, 0.1) is 13.2 Å². The molecule has 31 heavy (non-hydrogen) atoms. The lowest BCUT2D eigenvalue weighted by molar-refractivity contribution is -0.134. The van der Waals surface area contributed by atoms with Gasteiger partial charge in [-0.15, -0.1) is 0 Å². The van der Waals surface area contributed by atoms with Crippen molar-refractivity contribution in [3.05, 3.63) is 59.9 Å². The first kappa shape index (κ1) is 21.3. The van der Waals surface area contributed by atoms with Gasteiger partial charge in [-0.25, -0.2) is 4.39 Å². The fraction of sp³-hybridized carbons (Fsp3) is 0.417. The Labute approximate surface area is 181 Å². The van der Waals surface area contributed by atoms with Crippen LogP contribution >= 0.6 is 0 Å². The summed E-state index contributed by atoms with van der Waals surface area (Å²) < 4.78 is 18.7. The third kappa shape index (κ3) is 4.56. The van der Waals surface area contributed by atoms with Gasteiger partial charge in [0.1, 0.15) is 17.0 Å². The zero-order valence-electron chi connectivity index (χ0n) is 17.7. The van der Waals surface area contributed by atoms with Gasteiger partial charge in [0.25, 0.3) is 0 Å². The first-order chi connectivity index (χ1) is 15.0. The van der Waals surface area contributed by atoms with Crippen LogP contribution in [0.15, 0.2) is 48.5 Å². The summed E-state index contributed by atoms with van der Waals surface area (Å²) in [5.41, 5.74) is 0.465.